The van der Waals surface area contributed by atoms with Crippen molar-refractivity contribution in [3.8, 4) is 0 Å². The van der Waals surface area contributed by atoms with Crippen molar-refractivity contribution in [2.45, 2.75) is 31.5 Å². The summed E-state index contributed by atoms with van der Waals surface area (Å²) < 4.78 is 6.73. The maximum Gasteiger partial charge on any atom is 0.327 e. The van der Waals surface area contributed by atoms with Gasteiger partial charge in [-0.1, -0.05) is 0 Å². The van der Waals surface area contributed by atoms with E-state index in [-0.39, 0.29) is 11.2 Å². The first kappa shape index (κ1) is 12.1. The highest BCUT2D eigenvalue weighted by Crippen LogP contribution is 2.30. The van der Waals surface area contributed by atoms with E-state index in [9.17, 15) is 19.8 Å². The van der Waals surface area contributed by atoms with E-state index in [1.165, 1.54) is 10.9 Å². The van der Waals surface area contributed by atoms with Crippen LogP contribution in [0, 0.1) is 0 Å². The summed E-state index contributed by atoms with van der Waals surface area (Å²) >= 11 is 0. The number of ether oxygens (including phenoxy) is 1. The van der Waals surface area contributed by atoms with Gasteiger partial charge in [0.2, 0.25) is 0 Å². The molecule has 0 aromatic carbocycles. The molecule has 1 fully saturated rings. The molecule has 9 nitrogen and oxygen atoms in total. The fourth-order valence-corrected chi connectivity index (χ4v) is 2.20. The fourth-order valence-electron chi connectivity index (χ4n) is 2.20. The van der Waals surface area contributed by atoms with Gasteiger partial charge in [0.15, 0.2) is 11.7 Å². The molecule has 19 heavy (non-hydrogen) atoms. The van der Waals surface area contributed by atoms with E-state index in [2.05, 4.69) is 15.0 Å². The number of aromatic amines is 2. The smallest absolute Gasteiger partial charge is 0.327 e. The minimum absolute atomic E-state index is 0.0319. The Hall–Kier alpha value is -1.97. The van der Waals surface area contributed by atoms with Crippen molar-refractivity contribution in [1.82, 2.24) is 19.5 Å². The lowest BCUT2D eigenvalue weighted by Gasteiger charge is -2.16. The Balaban J connectivity index is 2.17. The SMILES string of the molecule is C[C@@H]1O[C@H](n2cnc3c(=O)[nH]c(=O)[nH]c32)[C@@H](O)[C@H]1O. The van der Waals surface area contributed by atoms with Crippen LogP contribution >= 0.6 is 0 Å². The van der Waals surface area contributed by atoms with Gasteiger partial charge >= 0.3 is 5.69 Å². The van der Waals surface area contributed by atoms with Crippen LogP contribution in [0.1, 0.15) is 13.2 Å². The molecule has 3 rings (SSSR count). The number of H-pyrrole nitrogens is 2. The topological polar surface area (TPSA) is 133 Å². The number of nitrogens with zero attached hydrogens (tertiary/aromatic N) is 2. The fraction of sp³-hybridized carbons (Fsp3) is 0.500. The van der Waals surface area contributed by atoms with Gasteiger partial charge < -0.3 is 14.9 Å². The van der Waals surface area contributed by atoms with Gasteiger partial charge in [0, 0.05) is 0 Å². The van der Waals surface area contributed by atoms with Gasteiger partial charge in [-0.25, -0.2) is 9.78 Å². The summed E-state index contributed by atoms with van der Waals surface area (Å²) in [6.07, 6.45) is -2.42. The molecule has 0 unspecified atom stereocenters. The molecule has 1 aliphatic heterocycles. The Bertz CT molecular complexity index is 731. The maximum absolute atomic E-state index is 11.5. The lowest BCUT2D eigenvalue weighted by Crippen LogP contribution is -2.30. The highest BCUT2D eigenvalue weighted by atomic mass is 16.6. The number of hydrogen-bond acceptors (Lipinski definition) is 6. The number of rotatable bonds is 1. The molecule has 4 N–H and O–H groups in total. The number of aliphatic hydroxyl groups is 2. The van der Waals surface area contributed by atoms with Crippen LogP contribution in [0.5, 0.6) is 0 Å². The first-order valence-corrected chi connectivity index (χ1v) is 5.70. The maximum atomic E-state index is 11.5. The van der Waals surface area contributed by atoms with Crippen molar-refractivity contribution in [2.75, 3.05) is 0 Å². The van der Waals surface area contributed by atoms with Crippen molar-refractivity contribution in [2.24, 2.45) is 0 Å². The van der Waals surface area contributed by atoms with E-state index in [4.69, 9.17) is 4.74 Å². The Morgan fingerprint density at radius 1 is 1.32 bits per heavy atom. The number of imidazole rings is 1. The van der Waals surface area contributed by atoms with Crippen molar-refractivity contribution >= 4 is 11.2 Å². The molecular weight excluding hydrogens is 256 g/mol. The second-order valence-electron chi connectivity index (χ2n) is 4.47. The summed E-state index contributed by atoms with van der Waals surface area (Å²) in [4.78, 5) is 31.1. The van der Waals surface area contributed by atoms with Crippen molar-refractivity contribution in [3.05, 3.63) is 27.2 Å². The minimum atomic E-state index is -1.17. The van der Waals surface area contributed by atoms with Crippen LogP contribution in [0.15, 0.2) is 15.9 Å². The zero-order valence-electron chi connectivity index (χ0n) is 9.90. The molecule has 102 valence electrons. The molecule has 1 aliphatic rings. The predicted octanol–water partition coefficient (Wildman–Crippen LogP) is -1.95. The Morgan fingerprint density at radius 2 is 2.05 bits per heavy atom. The van der Waals surface area contributed by atoms with Crippen LogP contribution in [0.25, 0.3) is 11.2 Å². The van der Waals surface area contributed by atoms with Gasteiger partial charge in [-0.2, -0.15) is 0 Å². The summed E-state index contributed by atoms with van der Waals surface area (Å²) in [5.74, 6) is 0. The monoisotopic (exact) mass is 268 g/mol. The number of fused-ring (bicyclic) bond motifs is 1. The Kier molecular flexibility index (Phi) is 2.55. The standard InChI is InChI=1S/C10H12N4O5/c1-3-5(15)6(16)9(19-3)14-2-11-4-7(14)12-10(18)13-8(4)17/h2-3,5-6,9,15-16H,1H3,(H2,12,13,17,18)/t3-,5-,6-,9-/m0/s1. The van der Waals surface area contributed by atoms with Crippen LogP contribution in [0.3, 0.4) is 0 Å². The molecule has 0 spiro atoms. The molecule has 0 radical (unpaired) electrons. The molecule has 1 saturated heterocycles. The molecule has 3 heterocycles. The number of aromatic nitrogens is 4. The van der Waals surface area contributed by atoms with E-state index in [1.54, 1.807) is 6.92 Å². The molecule has 9 heteroatoms. The summed E-state index contributed by atoms with van der Waals surface area (Å²) in [6, 6.07) is 0. The molecule has 0 amide bonds. The second-order valence-corrected chi connectivity index (χ2v) is 4.47. The Labute approximate surface area is 105 Å². The normalized spacial score (nSPS) is 31.1. The summed E-state index contributed by atoms with van der Waals surface area (Å²) in [7, 11) is 0. The molecule has 0 bridgehead atoms. The molecule has 0 saturated carbocycles. The number of nitrogens with one attached hydrogen (secondary N) is 2. The van der Waals surface area contributed by atoms with E-state index in [0.29, 0.717) is 0 Å². The first-order chi connectivity index (χ1) is 8.99. The van der Waals surface area contributed by atoms with E-state index in [0.717, 1.165) is 0 Å². The predicted molar refractivity (Wildman–Crippen MR) is 62.6 cm³/mol. The van der Waals surface area contributed by atoms with Crippen LogP contribution in [0.4, 0.5) is 0 Å². The molecule has 4 atom stereocenters. The van der Waals surface area contributed by atoms with Gasteiger partial charge in [-0.15, -0.1) is 0 Å². The molecule has 0 aliphatic carbocycles. The molecule has 2 aromatic rings. The van der Waals surface area contributed by atoms with E-state index < -0.39 is 35.8 Å². The van der Waals surface area contributed by atoms with Crippen molar-refractivity contribution < 1.29 is 14.9 Å². The van der Waals surface area contributed by atoms with E-state index in [1.807, 2.05) is 0 Å². The van der Waals surface area contributed by atoms with Crippen LogP contribution in [-0.2, 0) is 4.74 Å². The van der Waals surface area contributed by atoms with Crippen molar-refractivity contribution in [1.29, 1.82) is 0 Å². The third kappa shape index (κ3) is 1.70. The first-order valence-electron chi connectivity index (χ1n) is 5.70. The quantitative estimate of drug-likeness (QED) is 0.475. The minimum Gasteiger partial charge on any atom is -0.388 e. The lowest BCUT2D eigenvalue weighted by atomic mass is 10.1. The molecular formula is C10H12N4O5. The largest absolute Gasteiger partial charge is 0.388 e. The second kappa shape index (κ2) is 4.02. The third-order valence-electron chi connectivity index (χ3n) is 3.22. The summed E-state index contributed by atoms with van der Waals surface area (Å²) in [5, 5.41) is 19.6. The zero-order chi connectivity index (χ0) is 13.7. The third-order valence-corrected chi connectivity index (χ3v) is 3.22. The van der Waals surface area contributed by atoms with Crippen LogP contribution < -0.4 is 11.2 Å². The molecule has 2 aromatic heterocycles. The van der Waals surface area contributed by atoms with Crippen molar-refractivity contribution in [3.63, 3.8) is 0 Å². The van der Waals surface area contributed by atoms with Gasteiger partial charge in [-0.05, 0) is 6.92 Å². The van der Waals surface area contributed by atoms with Crippen LogP contribution in [-0.4, -0.2) is 48.0 Å². The number of aliphatic hydroxyl groups excluding tert-OH is 2. The van der Waals surface area contributed by atoms with Gasteiger partial charge in [0.05, 0.1) is 12.4 Å². The zero-order valence-corrected chi connectivity index (χ0v) is 9.90. The van der Waals surface area contributed by atoms with Gasteiger partial charge in [-0.3, -0.25) is 19.3 Å². The summed E-state index contributed by atoms with van der Waals surface area (Å²) in [6.45, 7) is 1.61. The van der Waals surface area contributed by atoms with Gasteiger partial charge in [0.1, 0.15) is 17.9 Å². The highest BCUT2D eigenvalue weighted by molar-refractivity contribution is 5.68. The van der Waals surface area contributed by atoms with Crippen LogP contribution in [0.2, 0.25) is 0 Å². The average Bonchev–Trinajstić information content (AvgIpc) is 2.86. The Morgan fingerprint density at radius 3 is 2.68 bits per heavy atom. The highest BCUT2D eigenvalue weighted by Gasteiger charge is 2.41. The van der Waals surface area contributed by atoms with E-state index >= 15 is 0 Å². The lowest BCUT2D eigenvalue weighted by molar-refractivity contribution is -0.0299. The van der Waals surface area contributed by atoms with Gasteiger partial charge in [0.25, 0.3) is 5.56 Å². The number of hydrogen-bond donors (Lipinski definition) is 4. The average molecular weight is 268 g/mol. The summed E-state index contributed by atoms with van der Waals surface area (Å²) in [5.41, 5.74) is -1.14.